The van der Waals surface area contributed by atoms with Crippen molar-refractivity contribution in [3.05, 3.63) is 66.4 Å². The van der Waals surface area contributed by atoms with Crippen molar-refractivity contribution in [3.63, 3.8) is 0 Å². The SMILES string of the molecule is CN1CC(C(=O)NCCc2c[nH]c3ccccc23)C2NN(c3ccccc3)C(=O)C2C1. The van der Waals surface area contributed by atoms with Crippen LogP contribution in [-0.4, -0.2) is 54.4 Å². The number of amides is 2. The highest BCUT2D eigenvalue weighted by molar-refractivity contribution is 5.98. The highest BCUT2D eigenvalue weighted by atomic mass is 16.2. The molecule has 2 amide bonds. The molecule has 160 valence electrons. The quantitative estimate of drug-likeness (QED) is 0.593. The molecule has 3 N–H and O–H groups in total. The molecular formula is C24H27N5O2. The van der Waals surface area contributed by atoms with E-state index in [4.69, 9.17) is 0 Å². The number of nitrogens with zero attached hydrogens (tertiary/aromatic N) is 2. The van der Waals surface area contributed by atoms with E-state index in [9.17, 15) is 9.59 Å². The molecule has 2 aliphatic heterocycles. The summed E-state index contributed by atoms with van der Waals surface area (Å²) in [5.41, 5.74) is 6.44. The summed E-state index contributed by atoms with van der Waals surface area (Å²) in [5.74, 6) is -0.497. The number of aromatic nitrogens is 1. The smallest absolute Gasteiger partial charge is 0.247 e. The van der Waals surface area contributed by atoms with Crippen LogP contribution in [0.15, 0.2) is 60.8 Å². The zero-order chi connectivity index (χ0) is 21.4. The van der Waals surface area contributed by atoms with Crippen LogP contribution in [0, 0.1) is 11.8 Å². The molecule has 1 aromatic heterocycles. The lowest BCUT2D eigenvalue weighted by Gasteiger charge is -2.36. The Morgan fingerprint density at radius 3 is 2.71 bits per heavy atom. The Balaban J connectivity index is 1.26. The van der Waals surface area contributed by atoms with Crippen LogP contribution >= 0.6 is 0 Å². The van der Waals surface area contributed by atoms with Gasteiger partial charge in [0.1, 0.15) is 0 Å². The van der Waals surface area contributed by atoms with E-state index in [-0.39, 0.29) is 29.7 Å². The van der Waals surface area contributed by atoms with Gasteiger partial charge in [0.2, 0.25) is 11.8 Å². The van der Waals surface area contributed by atoms with Gasteiger partial charge in [-0.3, -0.25) is 9.59 Å². The fraction of sp³-hybridized carbons (Fsp3) is 0.333. The standard InChI is InChI=1S/C24H27N5O2/c1-28-14-19(22-20(15-28)24(31)29(27-22)17-7-3-2-4-8-17)23(30)25-12-11-16-13-26-21-10-6-5-9-18(16)21/h2-10,13,19-20,22,26-27H,11-12,14-15H2,1H3,(H,25,30). The van der Waals surface area contributed by atoms with Gasteiger partial charge in [-0.15, -0.1) is 0 Å². The molecule has 2 aliphatic rings. The van der Waals surface area contributed by atoms with E-state index in [1.807, 2.05) is 55.7 Å². The van der Waals surface area contributed by atoms with E-state index in [2.05, 4.69) is 32.8 Å². The number of nitrogens with one attached hydrogen (secondary N) is 3. The van der Waals surface area contributed by atoms with Crippen molar-refractivity contribution in [1.29, 1.82) is 0 Å². The van der Waals surface area contributed by atoms with Crippen molar-refractivity contribution >= 4 is 28.4 Å². The van der Waals surface area contributed by atoms with Crippen LogP contribution in [0.5, 0.6) is 0 Å². The number of benzene rings is 2. The van der Waals surface area contributed by atoms with Gasteiger partial charge >= 0.3 is 0 Å². The van der Waals surface area contributed by atoms with E-state index in [0.717, 1.165) is 17.6 Å². The number of hydrogen-bond acceptors (Lipinski definition) is 4. The summed E-state index contributed by atoms with van der Waals surface area (Å²) in [6.45, 7) is 1.84. The molecule has 3 unspecified atom stereocenters. The minimum absolute atomic E-state index is 0.00315. The monoisotopic (exact) mass is 417 g/mol. The number of fused-ring (bicyclic) bond motifs is 2. The van der Waals surface area contributed by atoms with E-state index in [1.54, 1.807) is 5.01 Å². The average molecular weight is 418 g/mol. The van der Waals surface area contributed by atoms with E-state index in [0.29, 0.717) is 19.6 Å². The van der Waals surface area contributed by atoms with Crippen molar-refractivity contribution in [3.8, 4) is 0 Å². The zero-order valence-electron chi connectivity index (χ0n) is 17.5. The first kappa shape index (κ1) is 19.8. The van der Waals surface area contributed by atoms with Crippen molar-refractivity contribution in [2.75, 3.05) is 31.7 Å². The van der Waals surface area contributed by atoms with Crippen LogP contribution in [0.1, 0.15) is 5.56 Å². The lowest BCUT2D eigenvalue weighted by molar-refractivity contribution is -0.129. The second-order valence-corrected chi connectivity index (χ2v) is 8.50. The first-order valence-corrected chi connectivity index (χ1v) is 10.8. The molecule has 2 fully saturated rings. The molecular weight excluding hydrogens is 390 g/mol. The molecule has 3 heterocycles. The van der Waals surface area contributed by atoms with Gasteiger partial charge < -0.3 is 15.2 Å². The van der Waals surface area contributed by atoms with Gasteiger partial charge in [0.25, 0.3) is 0 Å². The largest absolute Gasteiger partial charge is 0.361 e. The van der Waals surface area contributed by atoms with Gasteiger partial charge in [-0.2, -0.15) is 0 Å². The molecule has 5 rings (SSSR count). The van der Waals surface area contributed by atoms with Crippen molar-refractivity contribution in [1.82, 2.24) is 20.6 Å². The first-order chi connectivity index (χ1) is 15.1. The van der Waals surface area contributed by atoms with Gasteiger partial charge in [0, 0.05) is 36.7 Å². The van der Waals surface area contributed by atoms with Crippen molar-refractivity contribution in [2.24, 2.45) is 11.8 Å². The second-order valence-electron chi connectivity index (χ2n) is 8.50. The minimum Gasteiger partial charge on any atom is -0.361 e. The predicted octanol–water partition coefficient (Wildman–Crippen LogP) is 1.92. The number of anilines is 1. The van der Waals surface area contributed by atoms with Crippen LogP contribution in [-0.2, 0) is 16.0 Å². The van der Waals surface area contributed by atoms with Gasteiger partial charge in [0.15, 0.2) is 0 Å². The van der Waals surface area contributed by atoms with Crippen molar-refractivity contribution in [2.45, 2.75) is 12.5 Å². The molecule has 3 atom stereocenters. The lowest BCUT2D eigenvalue weighted by Crippen LogP contribution is -2.56. The van der Waals surface area contributed by atoms with Gasteiger partial charge in [0.05, 0.1) is 23.6 Å². The van der Waals surface area contributed by atoms with Gasteiger partial charge in [-0.05, 0) is 37.2 Å². The molecule has 7 nitrogen and oxygen atoms in total. The third kappa shape index (κ3) is 3.71. The molecule has 0 spiro atoms. The number of hydrazine groups is 1. The Morgan fingerprint density at radius 2 is 1.87 bits per heavy atom. The minimum atomic E-state index is -0.288. The Morgan fingerprint density at radius 1 is 1.10 bits per heavy atom. The predicted molar refractivity (Wildman–Crippen MR) is 120 cm³/mol. The summed E-state index contributed by atoms with van der Waals surface area (Å²) in [4.78, 5) is 31.5. The van der Waals surface area contributed by atoms with Crippen LogP contribution in [0.3, 0.4) is 0 Å². The topological polar surface area (TPSA) is 80.5 Å². The van der Waals surface area contributed by atoms with Crippen molar-refractivity contribution < 1.29 is 9.59 Å². The summed E-state index contributed by atoms with van der Waals surface area (Å²) >= 11 is 0. The molecule has 0 radical (unpaired) electrons. The Labute approximate surface area is 181 Å². The summed E-state index contributed by atoms with van der Waals surface area (Å²) in [6, 6.07) is 17.5. The van der Waals surface area contributed by atoms with Crippen LogP contribution in [0.25, 0.3) is 10.9 Å². The second kappa shape index (κ2) is 8.17. The highest BCUT2D eigenvalue weighted by Crippen LogP contribution is 2.31. The van der Waals surface area contributed by atoms with Crippen LogP contribution in [0.4, 0.5) is 5.69 Å². The Hall–Kier alpha value is -3.16. The number of piperidine rings is 1. The third-order valence-corrected chi connectivity index (χ3v) is 6.42. The van der Waals surface area contributed by atoms with E-state index in [1.165, 1.54) is 10.9 Å². The maximum atomic E-state index is 13.1. The molecule has 3 aromatic rings. The summed E-state index contributed by atoms with van der Waals surface area (Å²) in [7, 11) is 1.97. The fourth-order valence-corrected chi connectivity index (χ4v) is 4.86. The van der Waals surface area contributed by atoms with Crippen LogP contribution < -0.4 is 15.8 Å². The molecule has 0 aliphatic carbocycles. The fourth-order valence-electron chi connectivity index (χ4n) is 4.86. The zero-order valence-corrected chi connectivity index (χ0v) is 17.5. The third-order valence-electron chi connectivity index (χ3n) is 6.42. The number of carbonyl (C=O) groups excluding carboxylic acids is 2. The van der Waals surface area contributed by atoms with E-state index >= 15 is 0 Å². The van der Waals surface area contributed by atoms with Gasteiger partial charge in [-0.1, -0.05) is 36.4 Å². The number of hydrogen-bond donors (Lipinski definition) is 3. The molecule has 2 aromatic carbocycles. The summed E-state index contributed by atoms with van der Waals surface area (Å²) < 4.78 is 0. The summed E-state index contributed by atoms with van der Waals surface area (Å²) in [5, 5.41) is 5.91. The molecule has 0 bridgehead atoms. The highest BCUT2D eigenvalue weighted by Gasteiger charge is 2.50. The van der Waals surface area contributed by atoms with Gasteiger partial charge in [-0.25, -0.2) is 10.4 Å². The molecule has 2 saturated heterocycles. The van der Waals surface area contributed by atoms with E-state index < -0.39 is 0 Å². The number of likely N-dealkylation sites (tertiary alicyclic amines) is 1. The molecule has 7 heteroatoms. The van der Waals surface area contributed by atoms with Crippen LogP contribution in [0.2, 0.25) is 0 Å². The number of rotatable bonds is 5. The lowest BCUT2D eigenvalue weighted by atomic mass is 9.84. The number of aromatic amines is 1. The molecule has 31 heavy (non-hydrogen) atoms. The number of para-hydroxylation sites is 2. The number of carbonyl (C=O) groups is 2. The Bertz CT molecular complexity index is 1100. The maximum Gasteiger partial charge on any atom is 0.247 e. The number of H-pyrrole nitrogens is 1. The summed E-state index contributed by atoms with van der Waals surface area (Å²) in [6.07, 6.45) is 2.77. The Kier molecular flexibility index (Phi) is 5.21. The first-order valence-electron chi connectivity index (χ1n) is 10.8. The average Bonchev–Trinajstić information content (AvgIpc) is 3.35. The maximum absolute atomic E-state index is 13.1. The normalized spacial score (nSPS) is 23.8. The molecule has 0 saturated carbocycles.